The van der Waals surface area contributed by atoms with Crippen LogP contribution in [0, 0.1) is 18.8 Å². The molecule has 0 saturated carbocycles. The maximum absolute atomic E-state index is 12.7. The van der Waals surface area contributed by atoms with Gasteiger partial charge in [0.05, 0.1) is 21.7 Å². The van der Waals surface area contributed by atoms with Crippen LogP contribution < -0.4 is 5.32 Å². The molecule has 1 N–H and O–H groups in total. The standard InChI is InChI=1S/C20H24IN3O2/c1-11-5-6-15-16(7-8-22-17(15)9-11)20(26)23-10-18(25)24-14(4)12(2)13(3)19(24)21/h5-9,12-14,19H,10H2,1-4H3,(H,23,26). The second-order valence-corrected chi connectivity index (χ2v) is 8.47. The summed E-state index contributed by atoms with van der Waals surface area (Å²) in [7, 11) is 0. The third kappa shape index (κ3) is 3.43. The molecule has 2 amide bonds. The fourth-order valence-corrected chi connectivity index (χ4v) is 5.06. The van der Waals surface area contributed by atoms with Crippen LogP contribution in [-0.4, -0.2) is 38.3 Å². The number of amides is 2. The summed E-state index contributed by atoms with van der Waals surface area (Å²) in [6, 6.07) is 7.69. The number of carbonyl (C=O) groups is 2. The SMILES string of the molecule is Cc1ccc2c(C(=O)NCC(=O)N3C(C)C(C)C(C)C3I)ccnc2c1. The summed E-state index contributed by atoms with van der Waals surface area (Å²) in [5.41, 5.74) is 2.43. The first-order valence-electron chi connectivity index (χ1n) is 8.90. The van der Waals surface area contributed by atoms with E-state index in [4.69, 9.17) is 0 Å². The topological polar surface area (TPSA) is 62.3 Å². The van der Waals surface area contributed by atoms with Gasteiger partial charge in [0.15, 0.2) is 0 Å². The van der Waals surface area contributed by atoms with Crippen LogP contribution in [0.5, 0.6) is 0 Å². The molecule has 1 aliphatic rings. The van der Waals surface area contributed by atoms with Crippen molar-refractivity contribution >= 4 is 45.3 Å². The summed E-state index contributed by atoms with van der Waals surface area (Å²) in [5, 5.41) is 3.59. The van der Waals surface area contributed by atoms with Crippen molar-refractivity contribution in [1.29, 1.82) is 0 Å². The van der Waals surface area contributed by atoms with Gasteiger partial charge in [0.25, 0.3) is 5.91 Å². The van der Waals surface area contributed by atoms with E-state index in [1.165, 1.54) is 0 Å². The summed E-state index contributed by atoms with van der Waals surface area (Å²) in [5.74, 6) is 0.616. The predicted octanol–water partition coefficient (Wildman–Crippen LogP) is 3.54. The van der Waals surface area contributed by atoms with Crippen molar-refractivity contribution in [2.75, 3.05) is 6.54 Å². The number of hydrogen-bond acceptors (Lipinski definition) is 3. The molecule has 0 spiro atoms. The number of aryl methyl sites for hydroxylation is 1. The lowest BCUT2D eigenvalue weighted by molar-refractivity contribution is -0.131. The van der Waals surface area contributed by atoms with Crippen LogP contribution in [0.2, 0.25) is 0 Å². The minimum atomic E-state index is -0.243. The average Bonchev–Trinajstić information content (AvgIpc) is 2.81. The quantitative estimate of drug-likeness (QED) is 0.429. The molecule has 1 aromatic carbocycles. The van der Waals surface area contributed by atoms with Crippen molar-refractivity contribution in [3.8, 4) is 0 Å². The number of nitrogens with one attached hydrogen (secondary N) is 1. The highest BCUT2D eigenvalue weighted by Crippen LogP contribution is 2.38. The van der Waals surface area contributed by atoms with Gasteiger partial charge in [0.2, 0.25) is 5.91 Å². The Balaban J connectivity index is 1.73. The van der Waals surface area contributed by atoms with Crippen LogP contribution in [0.25, 0.3) is 10.9 Å². The van der Waals surface area contributed by atoms with E-state index in [1.54, 1.807) is 12.3 Å². The number of carbonyl (C=O) groups excluding carboxylic acids is 2. The first-order valence-corrected chi connectivity index (χ1v) is 10.1. The van der Waals surface area contributed by atoms with Crippen molar-refractivity contribution in [2.24, 2.45) is 11.8 Å². The van der Waals surface area contributed by atoms with Crippen LogP contribution in [-0.2, 0) is 4.79 Å². The van der Waals surface area contributed by atoms with E-state index >= 15 is 0 Å². The molecule has 4 atom stereocenters. The highest BCUT2D eigenvalue weighted by atomic mass is 127. The lowest BCUT2D eigenvalue weighted by Crippen LogP contribution is -2.44. The van der Waals surface area contributed by atoms with Crippen LogP contribution in [0.3, 0.4) is 0 Å². The highest BCUT2D eigenvalue weighted by molar-refractivity contribution is 14.1. The normalized spacial score (nSPS) is 25.5. The van der Waals surface area contributed by atoms with Crippen LogP contribution in [0.15, 0.2) is 30.5 Å². The van der Waals surface area contributed by atoms with Crippen molar-refractivity contribution in [3.63, 3.8) is 0 Å². The van der Waals surface area contributed by atoms with Crippen molar-refractivity contribution in [1.82, 2.24) is 15.2 Å². The molecule has 26 heavy (non-hydrogen) atoms. The molecule has 0 aliphatic carbocycles. The summed E-state index contributed by atoms with van der Waals surface area (Å²) in [6.07, 6.45) is 1.63. The van der Waals surface area contributed by atoms with Gasteiger partial charge in [0.1, 0.15) is 0 Å². The Bertz CT molecular complexity index is 840. The van der Waals surface area contributed by atoms with E-state index in [0.717, 1.165) is 16.5 Å². The number of likely N-dealkylation sites (tertiary alicyclic amines) is 1. The number of nitrogens with zero attached hydrogens (tertiary/aromatic N) is 2. The molecule has 1 aliphatic heterocycles. The second-order valence-electron chi connectivity index (χ2n) is 7.19. The Labute approximate surface area is 167 Å². The third-order valence-corrected chi connectivity index (χ3v) is 7.29. The van der Waals surface area contributed by atoms with E-state index in [-0.39, 0.29) is 28.4 Å². The summed E-state index contributed by atoms with van der Waals surface area (Å²) >= 11 is 2.33. The van der Waals surface area contributed by atoms with E-state index in [0.29, 0.717) is 17.4 Å². The zero-order valence-corrected chi connectivity index (χ0v) is 17.6. The van der Waals surface area contributed by atoms with Crippen molar-refractivity contribution < 1.29 is 9.59 Å². The van der Waals surface area contributed by atoms with E-state index < -0.39 is 0 Å². The van der Waals surface area contributed by atoms with Crippen molar-refractivity contribution in [2.45, 2.75) is 37.8 Å². The van der Waals surface area contributed by atoms with Gasteiger partial charge in [0, 0.05) is 17.6 Å². The number of aromatic nitrogens is 1. The summed E-state index contributed by atoms with van der Waals surface area (Å²) in [4.78, 5) is 31.6. The summed E-state index contributed by atoms with van der Waals surface area (Å²) < 4.78 is 0.159. The Morgan fingerprint density at radius 1 is 1.19 bits per heavy atom. The fraction of sp³-hybridized carbons (Fsp3) is 0.450. The minimum absolute atomic E-state index is 0.0117. The van der Waals surface area contributed by atoms with Gasteiger partial charge < -0.3 is 10.2 Å². The van der Waals surface area contributed by atoms with Gasteiger partial charge in [-0.3, -0.25) is 14.6 Å². The maximum atomic E-state index is 12.7. The Morgan fingerprint density at radius 3 is 2.58 bits per heavy atom. The lowest BCUT2D eigenvalue weighted by Gasteiger charge is -2.26. The molecule has 0 bridgehead atoms. The molecule has 5 nitrogen and oxygen atoms in total. The molecule has 4 unspecified atom stereocenters. The third-order valence-electron chi connectivity index (χ3n) is 5.56. The van der Waals surface area contributed by atoms with Crippen LogP contribution >= 0.6 is 22.6 Å². The number of halogens is 1. The average molecular weight is 465 g/mol. The van der Waals surface area contributed by atoms with Gasteiger partial charge in [-0.05, 0) is 43.4 Å². The number of alkyl halides is 1. The molecule has 0 radical (unpaired) electrons. The van der Waals surface area contributed by atoms with E-state index in [1.807, 2.05) is 30.0 Å². The molecule has 2 aromatic rings. The second kappa shape index (κ2) is 7.50. The Hall–Kier alpha value is -1.70. The van der Waals surface area contributed by atoms with E-state index in [9.17, 15) is 9.59 Å². The van der Waals surface area contributed by atoms with Gasteiger partial charge in [-0.15, -0.1) is 0 Å². The highest BCUT2D eigenvalue weighted by Gasteiger charge is 2.42. The fourth-order valence-electron chi connectivity index (χ4n) is 3.58. The molecule has 138 valence electrons. The monoisotopic (exact) mass is 465 g/mol. The minimum Gasteiger partial charge on any atom is -0.343 e. The first kappa shape index (κ1) is 19.1. The molecule has 6 heteroatoms. The predicted molar refractivity (Wildman–Crippen MR) is 111 cm³/mol. The molecular weight excluding hydrogens is 441 g/mol. The van der Waals surface area contributed by atoms with Gasteiger partial charge in [-0.1, -0.05) is 48.6 Å². The molecule has 2 heterocycles. The Kier molecular flexibility index (Phi) is 5.50. The number of benzene rings is 1. The smallest absolute Gasteiger partial charge is 0.252 e. The maximum Gasteiger partial charge on any atom is 0.252 e. The van der Waals surface area contributed by atoms with Crippen molar-refractivity contribution in [3.05, 3.63) is 41.6 Å². The Morgan fingerprint density at radius 2 is 1.92 bits per heavy atom. The lowest BCUT2D eigenvalue weighted by atomic mass is 9.95. The van der Waals surface area contributed by atoms with Crippen LogP contribution in [0.1, 0.15) is 36.7 Å². The van der Waals surface area contributed by atoms with Crippen LogP contribution in [0.4, 0.5) is 0 Å². The number of fused-ring (bicyclic) bond motifs is 1. The number of pyridine rings is 1. The molecule has 1 saturated heterocycles. The van der Waals surface area contributed by atoms with E-state index in [2.05, 4.69) is 53.7 Å². The van der Waals surface area contributed by atoms with Gasteiger partial charge in [-0.25, -0.2) is 0 Å². The van der Waals surface area contributed by atoms with Gasteiger partial charge in [-0.2, -0.15) is 0 Å². The first-order chi connectivity index (χ1) is 12.3. The number of hydrogen-bond donors (Lipinski definition) is 1. The zero-order chi connectivity index (χ0) is 19.0. The molecule has 3 rings (SSSR count). The molecular formula is C20H24IN3O2. The molecule has 1 aromatic heterocycles. The zero-order valence-electron chi connectivity index (χ0n) is 15.5. The largest absolute Gasteiger partial charge is 0.343 e. The number of rotatable bonds is 3. The summed E-state index contributed by atoms with van der Waals surface area (Å²) in [6.45, 7) is 8.44. The molecule has 1 fully saturated rings. The van der Waals surface area contributed by atoms with Gasteiger partial charge >= 0.3 is 0 Å².